The number of aromatic nitrogens is 3. The first kappa shape index (κ1) is 21.7. The van der Waals surface area contributed by atoms with Gasteiger partial charge in [0.15, 0.2) is 5.16 Å². The van der Waals surface area contributed by atoms with Crippen molar-refractivity contribution in [3.8, 4) is 11.4 Å². The Balaban J connectivity index is 1.61. The lowest BCUT2D eigenvalue weighted by molar-refractivity contribution is -0.384. The van der Waals surface area contributed by atoms with Gasteiger partial charge in [0, 0.05) is 28.8 Å². The highest BCUT2D eigenvalue weighted by atomic mass is 32.2. The highest BCUT2D eigenvalue weighted by Crippen LogP contribution is 2.29. The minimum Gasteiger partial charge on any atom is -0.494 e. The maximum atomic E-state index is 13.6. The summed E-state index contributed by atoms with van der Waals surface area (Å²) in [5, 5.41) is 12.4. The van der Waals surface area contributed by atoms with E-state index in [9.17, 15) is 14.9 Å². The second kappa shape index (κ2) is 9.03. The lowest BCUT2D eigenvalue weighted by Crippen LogP contribution is -2.21. The molecule has 0 aliphatic rings. The van der Waals surface area contributed by atoms with E-state index in [0.29, 0.717) is 34.2 Å². The molecule has 0 aliphatic carbocycles. The molecular formula is C25H20N4O4S. The van der Waals surface area contributed by atoms with Crippen molar-refractivity contribution >= 4 is 39.4 Å². The Hall–Kier alpha value is -4.11. The van der Waals surface area contributed by atoms with E-state index in [0.717, 1.165) is 22.2 Å². The van der Waals surface area contributed by atoms with Gasteiger partial charge in [-0.25, -0.2) is 4.98 Å². The fraction of sp³-hybridized carbons (Fsp3) is 0.120. The van der Waals surface area contributed by atoms with E-state index in [2.05, 4.69) is 4.98 Å². The number of fused-ring (bicyclic) bond motifs is 3. The van der Waals surface area contributed by atoms with E-state index >= 15 is 0 Å². The van der Waals surface area contributed by atoms with Crippen molar-refractivity contribution in [2.75, 3.05) is 6.61 Å². The normalized spacial score (nSPS) is 11.2. The zero-order valence-electron chi connectivity index (χ0n) is 18.2. The summed E-state index contributed by atoms with van der Waals surface area (Å²) in [5.74, 6) is 1.22. The van der Waals surface area contributed by atoms with E-state index in [1.54, 1.807) is 16.7 Å². The van der Waals surface area contributed by atoms with Gasteiger partial charge >= 0.3 is 0 Å². The number of aromatic amines is 1. The maximum Gasteiger partial charge on any atom is 0.283 e. The van der Waals surface area contributed by atoms with Crippen LogP contribution in [0.25, 0.3) is 27.6 Å². The number of nitro benzene ring substituents is 1. The van der Waals surface area contributed by atoms with Crippen molar-refractivity contribution in [2.45, 2.75) is 17.8 Å². The summed E-state index contributed by atoms with van der Waals surface area (Å²) in [5.41, 5.74) is 3.31. The van der Waals surface area contributed by atoms with Gasteiger partial charge in [-0.1, -0.05) is 42.1 Å². The van der Waals surface area contributed by atoms with Crippen LogP contribution in [0.4, 0.5) is 5.69 Å². The SMILES string of the molecule is CCOc1ccc(-n2c(SCc3ccc([N+](=O)[O-])cc3)nc3c([nH]c4ccccc43)c2=O)cc1. The second-order valence-corrected chi connectivity index (χ2v) is 8.51. The summed E-state index contributed by atoms with van der Waals surface area (Å²) in [4.78, 5) is 32.2. The first-order valence-electron chi connectivity index (χ1n) is 10.7. The first-order valence-corrected chi connectivity index (χ1v) is 11.7. The van der Waals surface area contributed by atoms with Crippen molar-refractivity contribution < 1.29 is 9.66 Å². The Bertz CT molecular complexity index is 1560. The molecule has 9 heteroatoms. The number of H-pyrrole nitrogens is 1. The molecule has 5 aromatic rings. The molecule has 0 saturated heterocycles. The Labute approximate surface area is 198 Å². The fourth-order valence-electron chi connectivity index (χ4n) is 3.79. The zero-order chi connectivity index (χ0) is 23.7. The Morgan fingerprint density at radius 3 is 2.50 bits per heavy atom. The number of nitrogens with one attached hydrogen (secondary N) is 1. The van der Waals surface area contributed by atoms with E-state index in [-0.39, 0.29) is 11.2 Å². The average Bonchev–Trinajstić information content (AvgIpc) is 3.23. The number of para-hydroxylation sites is 1. The highest BCUT2D eigenvalue weighted by Gasteiger charge is 2.17. The molecule has 0 amide bonds. The topological polar surface area (TPSA) is 103 Å². The van der Waals surface area contributed by atoms with E-state index < -0.39 is 4.92 Å². The number of nitro groups is 1. The highest BCUT2D eigenvalue weighted by molar-refractivity contribution is 7.98. The number of hydrogen-bond acceptors (Lipinski definition) is 6. The number of thioether (sulfide) groups is 1. The van der Waals surface area contributed by atoms with Crippen molar-refractivity contribution in [2.24, 2.45) is 0 Å². The molecule has 0 bridgehead atoms. The second-order valence-electron chi connectivity index (χ2n) is 7.57. The predicted octanol–water partition coefficient (Wildman–Crippen LogP) is 5.47. The van der Waals surface area contributed by atoms with Crippen molar-refractivity contribution in [3.05, 3.63) is 98.8 Å². The fourth-order valence-corrected chi connectivity index (χ4v) is 4.75. The molecule has 0 radical (unpaired) electrons. The third kappa shape index (κ3) is 4.01. The smallest absolute Gasteiger partial charge is 0.283 e. The summed E-state index contributed by atoms with van der Waals surface area (Å²) >= 11 is 1.40. The van der Waals surface area contributed by atoms with Gasteiger partial charge in [-0.05, 0) is 42.8 Å². The van der Waals surface area contributed by atoms with Gasteiger partial charge in [0.1, 0.15) is 16.8 Å². The van der Waals surface area contributed by atoms with Crippen LogP contribution >= 0.6 is 11.8 Å². The van der Waals surface area contributed by atoms with Gasteiger partial charge in [0.05, 0.1) is 17.2 Å². The van der Waals surface area contributed by atoms with Crippen LogP contribution in [0.2, 0.25) is 0 Å². The van der Waals surface area contributed by atoms with E-state index in [1.807, 2.05) is 55.5 Å². The van der Waals surface area contributed by atoms with Gasteiger partial charge in [0.2, 0.25) is 0 Å². The van der Waals surface area contributed by atoms with Crippen LogP contribution in [0.15, 0.2) is 82.7 Å². The van der Waals surface area contributed by atoms with Crippen LogP contribution in [-0.4, -0.2) is 26.1 Å². The molecule has 0 fully saturated rings. The molecule has 0 saturated carbocycles. The largest absolute Gasteiger partial charge is 0.494 e. The molecule has 0 atom stereocenters. The summed E-state index contributed by atoms with van der Waals surface area (Å²) in [7, 11) is 0. The molecule has 3 aromatic carbocycles. The molecule has 0 aliphatic heterocycles. The summed E-state index contributed by atoms with van der Waals surface area (Å²) in [6.45, 7) is 2.47. The summed E-state index contributed by atoms with van der Waals surface area (Å²) < 4.78 is 7.12. The maximum absolute atomic E-state index is 13.6. The third-order valence-corrected chi connectivity index (χ3v) is 6.43. The number of nitrogens with zero attached hydrogens (tertiary/aromatic N) is 3. The average molecular weight is 473 g/mol. The molecule has 34 heavy (non-hydrogen) atoms. The van der Waals surface area contributed by atoms with Gasteiger partial charge in [-0.2, -0.15) is 0 Å². The number of hydrogen-bond donors (Lipinski definition) is 1. The van der Waals surface area contributed by atoms with E-state index in [4.69, 9.17) is 9.72 Å². The molecule has 5 rings (SSSR count). The summed E-state index contributed by atoms with van der Waals surface area (Å²) in [6.07, 6.45) is 0. The van der Waals surface area contributed by atoms with E-state index in [1.165, 1.54) is 23.9 Å². The number of ether oxygens (including phenoxy) is 1. The molecule has 1 N–H and O–H groups in total. The Kier molecular flexibility index (Phi) is 5.77. The Morgan fingerprint density at radius 2 is 1.79 bits per heavy atom. The lowest BCUT2D eigenvalue weighted by atomic mass is 10.2. The minimum absolute atomic E-state index is 0.0402. The van der Waals surface area contributed by atoms with Crippen LogP contribution in [0, 0.1) is 10.1 Å². The molecule has 8 nitrogen and oxygen atoms in total. The van der Waals surface area contributed by atoms with Crippen LogP contribution in [0.3, 0.4) is 0 Å². The van der Waals surface area contributed by atoms with Crippen LogP contribution in [-0.2, 0) is 5.75 Å². The predicted molar refractivity (Wildman–Crippen MR) is 133 cm³/mol. The number of benzene rings is 3. The van der Waals surface area contributed by atoms with Gasteiger partial charge in [0.25, 0.3) is 11.2 Å². The molecular weight excluding hydrogens is 452 g/mol. The molecule has 170 valence electrons. The Morgan fingerprint density at radius 1 is 1.06 bits per heavy atom. The van der Waals surface area contributed by atoms with Crippen LogP contribution in [0.1, 0.15) is 12.5 Å². The van der Waals surface area contributed by atoms with Crippen molar-refractivity contribution in [1.29, 1.82) is 0 Å². The molecule has 0 unspecified atom stereocenters. The lowest BCUT2D eigenvalue weighted by Gasteiger charge is -2.13. The minimum atomic E-state index is -0.424. The third-order valence-electron chi connectivity index (χ3n) is 5.42. The number of rotatable bonds is 7. The van der Waals surface area contributed by atoms with Gasteiger partial charge in [-0.15, -0.1) is 0 Å². The van der Waals surface area contributed by atoms with Crippen molar-refractivity contribution in [3.63, 3.8) is 0 Å². The number of non-ortho nitro benzene ring substituents is 1. The standard InChI is InChI=1S/C25H20N4O4S/c1-2-33-19-13-11-17(12-14-19)28-24(30)23-22(20-5-3-4-6-21(20)26-23)27-25(28)34-15-16-7-9-18(10-8-16)29(31)32/h3-14,26H,2,15H2,1H3. The molecule has 2 heterocycles. The van der Waals surface area contributed by atoms with Gasteiger partial charge < -0.3 is 9.72 Å². The van der Waals surface area contributed by atoms with Crippen LogP contribution < -0.4 is 10.3 Å². The van der Waals surface area contributed by atoms with Gasteiger partial charge in [-0.3, -0.25) is 19.5 Å². The van der Waals surface area contributed by atoms with Crippen molar-refractivity contribution in [1.82, 2.24) is 14.5 Å². The molecule has 2 aromatic heterocycles. The summed E-state index contributed by atoms with van der Waals surface area (Å²) in [6, 6.07) is 21.4. The quantitative estimate of drug-likeness (QED) is 0.146. The zero-order valence-corrected chi connectivity index (χ0v) is 19.0. The van der Waals surface area contributed by atoms with Crippen LogP contribution in [0.5, 0.6) is 5.75 Å². The first-order chi connectivity index (χ1) is 16.5. The molecule has 0 spiro atoms. The monoisotopic (exact) mass is 472 g/mol.